The Kier molecular flexibility index (Phi) is 7.42. The van der Waals surface area contributed by atoms with Gasteiger partial charge in [0.25, 0.3) is 5.91 Å². The molecule has 3 aromatic rings. The first-order valence-electron chi connectivity index (χ1n) is 9.00. The Labute approximate surface area is 181 Å². The van der Waals surface area contributed by atoms with E-state index in [1.807, 2.05) is 54.0 Å². The van der Waals surface area contributed by atoms with Crippen molar-refractivity contribution in [1.29, 1.82) is 0 Å². The van der Waals surface area contributed by atoms with Gasteiger partial charge in [-0.1, -0.05) is 45.9 Å². The zero-order valence-electron chi connectivity index (χ0n) is 15.8. The van der Waals surface area contributed by atoms with E-state index in [1.54, 1.807) is 12.1 Å². The monoisotopic (exact) mass is 473 g/mol. The minimum Gasteiger partial charge on any atom is -0.345 e. The van der Waals surface area contributed by atoms with Gasteiger partial charge in [0.15, 0.2) is 11.0 Å². The maximum atomic E-state index is 12.2. The third-order valence-corrected chi connectivity index (χ3v) is 5.51. The molecule has 0 fully saturated rings. The number of carbonyl (C=O) groups is 2. The number of benzene rings is 2. The highest BCUT2D eigenvalue weighted by Gasteiger charge is 2.14. The number of anilines is 1. The molecule has 2 amide bonds. The van der Waals surface area contributed by atoms with E-state index in [2.05, 4.69) is 36.8 Å². The van der Waals surface area contributed by atoms with E-state index in [-0.39, 0.29) is 24.1 Å². The zero-order valence-corrected chi connectivity index (χ0v) is 18.2. The molecule has 2 N–H and O–H groups in total. The van der Waals surface area contributed by atoms with Crippen LogP contribution in [0.15, 0.2) is 64.2 Å². The third-order valence-electron chi connectivity index (χ3n) is 4.01. The van der Waals surface area contributed by atoms with Gasteiger partial charge in [0.05, 0.1) is 12.3 Å². The van der Waals surface area contributed by atoms with Crippen molar-refractivity contribution in [1.82, 2.24) is 20.1 Å². The van der Waals surface area contributed by atoms with Crippen LogP contribution in [0.25, 0.3) is 0 Å². The lowest BCUT2D eigenvalue weighted by molar-refractivity contribution is -0.113. The first-order valence-corrected chi connectivity index (χ1v) is 10.8. The lowest BCUT2D eigenvalue weighted by Crippen LogP contribution is -2.24. The van der Waals surface area contributed by atoms with Gasteiger partial charge in [-0.05, 0) is 43.3 Å². The highest BCUT2D eigenvalue weighted by Crippen LogP contribution is 2.19. The topological polar surface area (TPSA) is 88.9 Å². The van der Waals surface area contributed by atoms with Crippen molar-refractivity contribution in [3.8, 4) is 0 Å². The molecule has 2 aromatic carbocycles. The molecule has 0 radical (unpaired) electrons. The molecule has 3 rings (SSSR count). The van der Waals surface area contributed by atoms with Crippen LogP contribution in [0, 0.1) is 0 Å². The number of halogens is 1. The molecular weight excluding hydrogens is 454 g/mol. The number of nitrogens with zero attached hydrogens (tertiary/aromatic N) is 3. The summed E-state index contributed by atoms with van der Waals surface area (Å²) in [5.41, 5.74) is 1.33. The van der Waals surface area contributed by atoms with Crippen molar-refractivity contribution in [2.24, 2.45) is 0 Å². The SMILES string of the molecule is CCn1c(CNC(=O)c2ccccc2)nnc1SCC(=O)Nc1ccc(Br)cc1. The number of hydrogen-bond donors (Lipinski definition) is 2. The molecule has 0 saturated heterocycles. The molecule has 0 aliphatic carbocycles. The van der Waals surface area contributed by atoms with E-state index in [0.717, 1.165) is 10.2 Å². The zero-order chi connectivity index (χ0) is 20.6. The third kappa shape index (κ3) is 5.91. The Hall–Kier alpha value is -2.65. The van der Waals surface area contributed by atoms with Crippen LogP contribution in [0.5, 0.6) is 0 Å². The molecule has 0 spiro atoms. The van der Waals surface area contributed by atoms with Crippen LogP contribution in [-0.2, 0) is 17.9 Å². The van der Waals surface area contributed by atoms with Gasteiger partial charge in [-0.25, -0.2) is 0 Å². The van der Waals surface area contributed by atoms with E-state index in [0.29, 0.717) is 23.1 Å². The van der Waals surface area contributed by atoms with Crippen molar-refractivity contribution in [2.75, 3.05) is 11.1 Å². The van der Waals surface area contributed by atoms with Crippen molar-refractivity contribution >= 4 is 45.2 Å². The maximum Gasteiger partial charge on any atom is 0.251 e. The summed E-state index contributed by atoms with van der Waals surface area (Å²) >= 11 is 4.67. The fourth-order valence-electron chi connectivity index (χ4n) is 2.59. The van der Waals surface area contributed by atoms with Gasteiger partial charge in [0, 0.05) is 22.3 Å². The Morgan fingerprint density at radius 2 is 1.79 bits per heavy atom. The Morgan fingerprint density at radius 3 is 2.48 bits per heavy atom. The number of carbonyl (C=O) groups excluding carboxylic acids is 2. The van der Waals surface area contributed by atoms with Crippen molar-refractivity contribution in [2.45, 2.75) is 25.2 Å². The van der Waals surface area contributed by atoms with E-state index >= 15 is 0 Å². The van der Waals surface area contributed by atoms with Gasteiger partial charge in [-0.15, -0.1) is 10.2 Å². The summed E-state index contributed by atoms with van der Waals surface area (Å²) in [4.78, 5) is 24.4. The minimum absolute atomic E-state index is 0.123. The summed E-state index contributed by atoms with van der Waals surface area (Å²) in [5, 5.41) is 14.7. The Bertz CT molecular complexity index is 976. The summed E-state index contributed by atoms with van der Waals surface area (Å²) in [6.07, 6.45) is 0. The molecular formula is C20H20BrN5O2S. The Morgan fingerprint density at radius 1 is 1.07 bits per heavy atom. The van der Waals surface area contributed by atoms with Crippen molar-refractivity contribution in [3.05, 3.63) is 70.5 Å². The molecule has 0 unspecified atom stereocenters. The van der Waals surface area contributed by atoms with Gasteiger partial charge in [0.2, 0.25) is 5.91 Å². The van der Waals surface area contributed by atoms with E-state index in [9.17, 15) is 9.59 Å². The highest BCUT2D eigenvalue weighted by atomic mass is 79.9. The van der Waals surface area contributed by atoms with Crippen LogP contribution < -0.4 is 10.6 Å². The fraction of sp³-hybridized carbons (Fsp3) is 0.200. The Balaban J connectivity index is 1.55. The lowest BCUT2D eigenvalue weighted by atomic mass is 10.2. The van der Waals surface area contributed by atoms with Gasteiger partial charge in [-0.2, -0.15) is 0 Å². The second-order valence-corrected chi connectivity index (χ2v) is 7.89. The summed E-state index contributed by atoms with van der Waals surface area (Å²) in [6.45, 7) is 2.87. The number of amides is 2. The predicted octanol–water partition coefficient (Wildman–Crippen LogP) is 3.72. The van der Waals surface area contributed by atoms with Crippen LogP contribution >= 0.6 is 27.7 Å². The van der Waals surface area contributed by atoms with Crippen LogP contribution in [-0.4, -0.2) is 32.3 Å². The molecule has 0 aliphatic rings. The van der Waals surface area contributed by atoms with E-state index in [4.69, 9.17) is 0 Å². The molecule has 9 heteroatoms. The minimum atomic E-state index is -0.167. The summed E-state index contributed by atoms with van der Waals surface area (Å²) in [7, 11) is 0. The summed E-state index contributed by atoms with van der Waals surface area (Å²) < 4.78 is 2.84. The van der Waals surface area contributed by atoms with Crippen LogP contribution in [0.3, 0.4) is 0 Å². The van der Waals surface area contributed by atoms with Crippen molar-refractivity contribution < 1.29 is 9.59 Å². The van der Waals surface area contributed by atoms with Crippen LogP contribution in [0.1, 0.15) is 23.1 Å². The van der Waals surface area contributed by atoms with Gasteiger partial charge < -0.3 is 15.2 Å². The van der Waals surface area contributed by atoms with Gasteiger partial charge in [-0.3, -0.25) is 9.59 Å². The number of aromatic nitrogens is 3. The molecule has 1 heterocycles. The quantitative estimate of drug-likeness (QED) is 0.486. The standard InChI is InChI=1S/C20H20BrN5O2S/c1-2-26-17(12-22-19(28)14-6-4-3-5-7-14)24-25-20(26)29-13-18(27)23-16-10-8-15(21)9-11-16/h3-11H,2,12-13H2,1H3,(H,22,28)(H,23,27). The average Bonchev–Trinajstić information content (AvgIpc) is 3.14. The van der Waals surface area contributed by atoms with Crippen LogP contribution in [0.2, 0.25) is 0 Å². The molecule has 29 heavy (non-hydrogen) atoms. The van der Waals surface area contributed by atoms with Crippen LogP contribution in [0.4, 0.5) is 5.69 Å². The number of thioether (sulfide) groups is 1. The second-order valence-electron chi connectivity index (χ2n) is 6.04. The number of nitrogens with one attached hydrogen (secondary N) is 2. The smallest absolute Gasteiger partial charge is 0.251 e. The van der Waals surface area contributed by atoms with Crippen molar-refractivity contribution in [3.63, 3.8) is 0 Å². The molecule has 1 aromatic heterocycles. The van der Waals surface area contributed by atoms with Gasteiger partial charge >= 0.3 is 0 Å². The number of rotatable bonds is 8. The maximum absolute atomic E-state index is 12.2. The lowest BCUT2D eigenvalue weighted by Gasteiger charge is -2.09. The number of hydrogen-bond acceptors (Lipinski definition) is 5. The molecule has 0 saturated carbocycles. The largest absolute Gasteiger partial charge is 0.345 e. The van der Waals surface area contributed by atoms with E-state index in [1.165, 1.54) is 11.8 Å². The normalized spacial score (nSPS) is 10.6. The summed E-state index contributed by atoms with van der Waals surface area (Å²) in [6, 6.07) is 16.4. The van der Waals surface area contributed by atoms with Gasteiger partial charge in [0.1, 0.15) is 0 Å². The first kappa shape index (κ1) is 21.1. The molecule has 0 aliphatic heterocycles. The molecule has 150 valence electrons. The average molecular weight is 474 g/mol. The molecule has 0 bridgehead atoms. The highest BCUT2D eigenvalue weighted by molar-refractivity contribution is 9.10. The second kappa shape index (κ2) is 10.2. The predicted molar refractivity (Wildman–Crippen MR) is 117 cm³/mol. The fourth-order valence-corrected chi connectivity index (χ4v) is 3.67. The molecule has 0 atom stereocenters. The summed E-state index contributed by atoms with van der Waals surface area (Å²) in [5.74, 6) is 0.568. The van der Waals surface area contributed by atoms with E-state index < -0.39 is 0 Å². The molecule has 7 nitrogen and oxygen atoms in total. The first-order chi connectivity index (χ1) is 14.1.